The van der Waals surface area contributed by atoms with Gasteiger partial charge in [-0.2, -0.15) is 0 Å². The predicted molar refractivity (Wildman–Crippen MR) is 49.3 cm³/mol. The molecular weight excluding hydrogens is 136 g/mol. The van der Waals surface area contributed by atoms with Crippen LogP contribution < -0.4 is 0 Å². The maximum atomic E-state index is 4.18. The molecule has 0 aromatic carbocycles. The van der Waals surface area contributed by atoms with Crippen molar-refractivity contribution in [1.82, 2.24) is 4.57 Å². The Hall–Kier alpha value is -1.31. The molecular formula is C9H12N2. The van der Waals surface area contributed by atoms with Gasteiger partial charge in [0.05, 0.1) is 5.69 Å². The van der Waals surface area contributed by atoms with Crippen molar-refractivity contribution in [3.63, 3.8) is 0 Å². The van der Waals surface area contributed by atoms with Gasteiger partial charge in [0.1, 0.15) is 0 Å². The lowest BCUT2D eigenvalue weighted by Gasteiger charge is -1.86. The highest BCUT2D eigenvalue weighted by Crippen LogP contribution is 2.19. The lowest BCUT2D eigenvalue weighted by molar-refractivity contribution is 0.927. The maximum absolute atomic E-state index is 4.18. The number of aryl methyl sites for hydroxylation is 1. The second-order valence-corrected chi connectivity index (χ2v) is 2.36. The molecule has 2 nitrogen and oxygen atoms in total. The number of aliphatic imine (C=N–C) groups is 1. The molecule has 1 aromatic heterocycles. The molecule has 1 rings (SSSR count). The Morgan fingerprint density at radius 3 is 2.82 bits per heavy atom. The molecule has 0 radical (unpaired) electrons. The van der Waals surface area contributed by atoms with E-state index in [4.69, 9.17) is 0 Å². The summed E-state index contributed by atoms with van der Waals surface area (Å²) in [5.41, 5.74) is 2.05. The van der Waals surface area contributed by atoms with Crippen LogP contribution in [0.2, 0.25) is 0 Å². The summed E-state index contributed by atoms with van der Waals surface area (Å²) in [5, 5.41) is 0. The summed E-state index contributed by atoms with van der Waals surface area (Å²) in [6.45, 7) is 5.60. The lowest BCUT2D eigenvalue weighted by atomic mass is 10.3. The molecule has 0 unspecified atom stereocenters. The number of hydrogen-bond acceptors (Lipinski definition) is 1. The van der Waals surface area contributed by atoms with Gasteiger partial charge in [-0.15, -0.1) is 0 Å². The molecule has 0 aliphatic carbocycles. The molecule has 1 heterocycles. The van der Waals surface area contributed by atoms with E-state index in [0.29, 0.717) is 0 Å². The number of nitrogens with zero attached hydrogens (tertiary/aromatic N) is 2. The molecule has 0 aliphatic heterocycles. The zero-order valence-electron chi connectivity index (χ0n) is 6.91. The van der Waals surface area contributed by atoms with Crippen LogP contribution in [0.1, 0.15) is 12.5 Å². The molecule has 0 amide bonds. The molecule has 0 N–H and O–H groups in total. The Kier molecular flexibility index (Phi) is 2.26. The molecule has 0 fully saturated rings. The van der Waals surface area contributed by atoms with Crippen LogP contribution >= 0.6 is 0 Å². The van der Waals surface area contributed by atoms with Crippen molar-refractivity contribution in [1.29, 1.82) is 0 Å². The highest BCUT2D eigenvalue weighted by atomic mass is 14.9. The first-order chi connectivity index (χ1) is 5.27. The first kappa shape index (κ1) is 7.79. The van der Waals surface area contributed by atoms with Crippen LogP contribution in [0, 0.1) is 0 Å². The van der Waals surface area contributed by atoms with E-state index in [1.807, 2.05) is 37.0 Å². The van der Waals surface area contributed by atoms with Gasteiger partial charge in [-0.3, -0.25) is 4.99 Å². The Morgan fingerprint density at radius 1 is 1.55 bits per heavy atom. The third-order valence-corrected chi connectivity index (χ3v) is 1.45. The van der Waals surface area contributed by atoms with Crippen LogP contribution in [0.15, 0.2) is 24.0 Å². The van der Waals surface area contributed by atoms with E-state index < -0.39 is 0 Å². The van der Waals surface area contributed by atoms with E-state index >= 15 is 0 Å². The molecule has 2 heteroatoms. The minimum Gasteiger partial charge on any atom is -0.354 e. The SMILES string of the molecule is C=Cc1cn(C)cc1N=CC. The van der Waals surface area contributed by atoms with Gasteiger partial charge in [0.2, 0.25) is 0 Å². The monoisotopic (exact) mass is 148 g/mol. The summed E-state index contributed by atoms with van der Waals surface area (Å²) in [6.07, 6.45) is 7.55. The van der Waals surface area contributed by atoms with E-state index in [1.54, 1.807) is 6.21 Å². The summed E-state index contributed by atoms with van der Waals surface area (Å²) in [5.74, 6) is 0. The lowest BCUT2D eigenvalue weighted by Crippen LogP contribution is -1.76. The summed E-state index contributed by atoms with van der Waals surface area (Å²) in [4.78, 5) is 4.18. The van der Waals surface area contributed by atoms with E-state index in [9.17, 15) is 0 Å². The number of rotatable bonds is 2. The summed E-state index contributed by atoms with van der Waals surface area (Å²) >= 11 is 0. The third-order valence-electron chi connectivity index (χ3n) is 1.45. The predicted octanol–water partition coefficient (Wildman–Crippen LogP) is 2.39. The van der Waals surface area contributed by atoms with Crippen molar-refractivity contribution < 1.29 is 0 Å². The van der Waals surface area contributed by atoms with Gasteiger partial charge in [-0.05, 0) is 6.92 Å². The van der Waals surface area contributed by atoms with Crippen LogP contribution in [-0.2, 0) is 7.05 Å². The Labute approximate surface area is 66.9 Å². The van der Waals surface area contributed by atoms with Crippen molar-refractivity contribution in [2.24, 2.45) is 12.0 Å². The number of hydrogen-bond donors (Lipinski definition) is 0. The molecule has 11 heavy (non-hydrogen) atoms. The molecule has 0 aliphatic rings. The molecule has 0 bridgehead atoms. The second kappa shape index (κ2) is 3.19. The van der Waals surface area contributed by atoms with E-state index in [1.165, 1.54) is 0 Å². The average Bonchev–Trinajstić information content (AvgIpc) is 2.32. The van der Waals surface area contributed by atoms with Crippen molar-refractivity contribution in [3.05, 3.63) is 24.5 Å². The second-order valence-electron chi connectivity index (χ2n) is 2.36. The zero-order chi connectivity index (χ0) is 8.27. The summed E-state index contributed by atoms with van der Waals surface area (Å²) in [6, 6.07) is 0. The molecule has 0 spiro atoms. The first-order valence-corrected chi connectivity index (χ1v) is 3.55. The standard InChI is InChI=1S/C9H12N2/c1-4-8-6-11(3)7-9(8)10-5-2/h4-7H,1H2,2-3H3. The zero-order valence-corrected chi connectivity index (χ0v) is 6.91. The highest BCUT2D eigenvalue weighted by molar-refractivity contribution is 5.68. The van der Waals surface area contributed by atoms with Gasteiger partial charge >= 0.3 is 0 Å². The van der Waals surface area contributed by atoms with E-state index in [2.05, 4.69) is 11.6 Å². The third kappa shape index (κ3) is 1.58. The highest BCUT2D eigenvalue weighted by Gasteiger charge is 1.97. The van der Waals surface area contributed by atoms with Crippen LogP contribution in [0.5, 0.6) is 0 Å². The van der Waals surface area contributed by atoms with Gasteiger partial charge in [-0.1, -0.05) is 12.7 Å². The molecule has 58 valence electrons. The fraction of sp³-hybridized carbons (Fsp3) is 0.222. The minimum atomic E-state index is 0.977. The normalized spacial score (nSPS) is 10.7. The smallest absolute Gasteiger partial charge is 0.0874 e. The first-order valence-electron chi connectivity index (χ1n) is 3.55. The van der Waals surface area contributed by atoms with Crippen molar-refractivity contribution in [2.75, 3.05) is 0 Å². The Morgan fingerprint density at radius 2 is 2.27 bits per heavy atom. The summed E-state index contributed by atoms with van der Waals surface area (Å²) < 4.78 is 1.97. The van der Waals surface area contributed by atoms with E-state index in [-0.39, 0.29) is 0 Å². The van der Waals surface area contributed by atoms with Gasteiger partial charge < -0.3 is 4.57 Å². The van der Waals surface area contributed by atoms with Gasteiger partial charge in [0.25, 0.3) is 0 Å². The average molecular weight is 148 g/mol. The topological polar surface area (TPSA) is 17.3 Å². The Balaban J connectivity index is 3.11. The van der Waals surface area contributed by atoms with Crippen molar-refractivity contribution in [3.8, 4) is 0 Å². The fourth-order valence-corrected chi connectivity index (χ4v) is 0.994. The quantitative estimate of drug-likeness (QED) is 0.573. The van der Waals surface area contributed by atoms with Gasteiger partial charge in [-0.25, -0.2) is 0 Å². The summed E-state index contributed by atoms with van der Waals surface area (Å²) in [7, 11) is 1.97. The van der Waals surface area contributed by atoms with Crippen LogP contribution in [0.3, 0.4) is 0 Å². The molecule has 0 saturated heterocycles. The number of aromatic nitrogens is 1. The van der Waals surface area contributed by atoms with Gasteiger partial charge in [0, 0.05) is 31.2 Å². The molecule has 1 aromatic rings. The van der Waals surface area contributed by atoms with E-state index in [0.717, 1.165) is 11.3 Å². The Bertz CT molecular complexity index is 282. The molecule has 0 saturated carbocycles. The fourth-order valence-electron chi connectivity index (χ4n) is 0.994. The van der Waals surface area contributed by atoms with Crippen LogP contribution in [0.4, 0.5) is 5.69 Å². The van der Waals surface area contributed by atoms with Crippen molar-refractivity contribution in [2.45, 2.75) is 6.92 Å². The van der Waals surface area contributed by atoms with Crippen LogP contribution in [0.25, 0.3) is 6.08 Å². The van der Waals surface area contributed by atoms with Gasteiger partial charge in [0.15, 0.2) is 0 Å². The van der Waals surface area contributed by atoms with Crippen molar-refractivity contribution >= 4 is 18.0 Å². The minimum absolute atomic E-state index is 0.977. The largest absolute Gasteiger partial charge is 0.354 e. The van der Waals surface area contributed by atoms with Crippen LogP contribution in [-0.4, -0.2) is 10.8 Å². The molecule has 0 atom stereocenters. The maximum Gasteiger partial charge on any atom is 0.0874 e.